The van der Waals surface area contributed by atoms with E-state index in [1.807, 2.05) is 19.1 Å². The van der Waals surface area contributed by atoms with Crippen LogP contribution in [0, 0.1) is 6.92 Å². The Balaban J connectivity index is 2.41. The molecule has 4 heteroatoms. The first-order chi connectivity index (χ1) is 6.79. The minimum Gasteiger partial charge on any atom is -0.458 e. The standard InChI is InChI=1S/C10H11N3O/c1-7-2-3-9(14-7)10-12-5-4-8(6-11)13-10/h2-5H,6,11H2,1H3. The molecule has 0 spiro atoms. The molecule has 2 N–H and O–H groups in total. The third kappa shape index (κ3) is 1.65. The van der Waals surface area contributed by atoms with E-state index in [0.717, 1.165) is 11.5 Å². The summed E-state index contributed by atoms with van der Waals surface area (Å²) in [7, 11) is 0. The van der Waals surface area contributed by atoms with Gasteiger partial charge in [-0.3, -0.25) is 0 Å². The van der Waals surface area contributed by atoms with Crippen LogP contribution in [0.25, 0.3) is 11.6 Å². The van der Waals surface area contributed by atoms with Gasteiger partial charge in [-0.25, -0.2) is 9.97 Å². The van der Waals surface area contributed by atoms with Gasteiger partial charge in [0.1, 0.15) is 5.76 Å². The van der Waals surface area contributed by atoms with Gasteiger partial charge in [0.25, 0.3) is 0 Å². The van der Waals surface area contributed by atoms with Crippen LogP contribution in [0.2, 0.25) is 0 Å². The van der Waals surface area contributed by atoms with Gasteiger partial charge in [-0.05, 0) is 25.1 Å². The van der Waals surface area contributed by atoms with Gasteiger partial charge in [-0.1, -0.05) is 0 Å². The third-order valence-electron chi connectivity index (χ3n) is 1.88. The normalized spacial score (nSPS) is 10.4. The van der Waals surface area contributed by atoms with E-state index in [2.05, 4.69) is 9.97 Å². The quantitative estimate of drug-likeness (QED) is 0.777. The molecular weight excluding hydrogens is 178 g/mol. The zero-order valence-electron chi connectivity index (χ0n) is 7.90. The van der Waals surface area contributed by atoms with Crippen LogP contribution in [-0.4, -0.2) is 9.97 Å². The molecule has 0 fully saturated rings. The Labute approximate surface area is 81.8 Å². The largest absolute Gasteiger partial charge is 0.458 e. The van der Waals surface area contributed by atoms with Crippen molar-refractivity contribution in [3.05, 3.63) is 35.9 Å². The van der Waals surface area contributed by atoms with Crippen LogP contribution in [0.5, 0.6) is 0 Å². The average molecular weight is 189 g/mol. The summed E-state index contributed by atoms with van der Waals surface area (Å²) >= 11 is 0. The third-order valence-corrected chi connectivity index (χ3v) is 1.88. The zero-order chi connectivity index (χ0) is 9.97. The van der Waals surface area contributed by atoms with Gasteiger partial charge < -0.3 is 10.2 Å². The van der Waals surface area contributed by atoms with Crippen molar-refractivity contribution < 1.29 is 4.42 Å². The maximum absolute atomic E-state index is 5.48. The van der Waals surface area contributed by atoms with E-state index in [-0.39, 0.29) is 0 Å². The molecule has 4 nitrogen and oxygen atoms in total. The van der Waals surface area contributed by atoms with Crippen LogP contribution in [0.3, 0.4) is 0 Å². The molecule has 2 rings (SSSR count). The number of hydrogen-bond donors (Lipinski definition) is 1. The summed E-state index contributed by atoms with van der Waals surface area (Å²) < 4.78 is 5.40. The molecule has 0 saturated carbocycles. The minimum atomic E-state index is 0.412. The predicted molar refractivity (Wildman–Crippen MR) is 52.4 cm³/mol. The summed E-state index contributed by atoms with van der Waals surface area (Å²) in [5.74, 6) is 2.11. The van der Waals surface area contributed by atoms with Gasteiger partial charge in [0.2, 0.25) is 0 Å². The molecule has 0 radical (unpaired) electrons. The lowest BCUT2D eigenvalue weighted by Gasteiger charge is -1.97. The molecule has 0 saturated heterocycles. The molecule has 0 amide bonds. The Kier molecular flexibility index (Phi) is 2.28. The van der Waals surface area contributed by atoms with Crippen LogP contribution >= 0.6 is 0 Å². The topological polar surface area (TPSA) is 64.9 Å². The second kappa shape index (κ2) is 3.59. The maximum atomic E-state index is 5.48. The molecule has 0 atom stereocenters. The van der Waals surface area contributed by atoms with E-state index in [1.54, 1.807) is 12.3 Å². The first-order valence-corrected chi connectivity index (χ1v) is 4.38. The van der Waals surface area contributed by atoms with Crippen LogP contribution in [0.4, 0.5) is 0 Å². The van der Waals surface area contributed by atoms with Gasteiger partial charge in [0, 0.05) is 12.7 Å². The van der Waals surface area contributed by atoms with Gasteiger partial charge in [-0.2, -0.15) is 0 Å². The highest BCUT2D eigenvalue weighted by molar-refractivity contribution is 5.46. The van der Waals surface area contributed by atoms with Crippen molar-refractivity contribution in [3.8, 4) is 11.6 Å². The molecule has 0 unspecified atom stereocenters. The Hall–Kier alpha value is -1.68. The van der Waals surface area contributed by atoms with Crippen molar-refractivity contribution in [3.63, 3.8) is 0 Å². The maximum Gasteiger partial charge on any atom is 0.195 e. The molecule has 2 aromatic rings. The number of hydrogen-bond acceptors (Lipinski definition) is 4. The van der Waals surface area contributed by atoms with Gasteiger partial charge in [-0.15, -0.1) is 0 Å². The molecule has 2 heterocycles. The second-order valence-electron chi connectivity index (χ2n) is 2.99. The number of aromatic nitrogens is 2. The Morgan fingerprint density at radius 2 is 2.21 bits per heavy atom. The first-order valence-electron chi connectivity index (χ1n) is 4.38. The van der Waals surface area contributed by atoms with Crippen molar-refractivity contribution in [2.75, 3.05) is 0 Å². The molecule has 2 aromatic heterocycles. The Morgan fingerprint density at radius 3 is 2.86 bits per heavy atom. The smallest absolute Gasteiger partial charge is 0.195 e. The molecule has 0 aliphatic rings. The monoisotopic (exact) mass is 189 g/mol. The molecule has 72 valence electrons. The molecular formula is C10H11N3O. The van der Waals surface area contributed by atoms with Crippen molar-refractivity contribution in [2.24, 2.45) is 5.73 Å². The van der Waals surface area contributed by atoms with E-state index in [0.29, 0.717) is 18.1 Å². The van der Waals surface area contributed by atoms with Crippen molar-refractivity contribution in [1.29, 1.82) is 0 Å². The fraction of sp³-hybridized carbons (Fsp3) is 0.200. The van der Waals surface area contributed by atoms with E-state index in [4.69, 9.17) is 10.2 Å². The number of aryl methyl sites for hydroxylation is 1. The van der Waals surface area contributed by atoms with E-state index >= 15 is 0 Å². The number of nitrogens with two attached hydrogens (primary N) is 1. The zero-order valence-corrected chi connectivity index (χ0v) is 7.90. The lowest BCUT2D eigenvalue weighted by molar-refractivity contribution is 0.543. The summed E-state index contributed by atoms with van der Waals surface area (Å²) in [5.41, 5.74) is 6.29. The van der Waals surface area contributed by atoms with Crippen LogP contribution in [0.1, 0.15) is 11.5 Å². The van der Waals surface area contributed by atoms with Gasteiger partial charge >= 0.3 is 0 Å². The lowest BCUT2D eigenvalue weighted by atomic mass is 10.3. The molecule has 0 aliphatic carbocycles. The molecule has 14 heavy (non-hydrogen) atoms. The van der Waals surface area contributed by atoms with Crippen molar-refractivity contribution >= 4 is 0 Å². The first kappa shape index (κ1) is 8.90. The minimum absolute atomic E-state index is 0.412. The predicted octanol–water partition coefficient (Wildman–Crippen LogP) is 1.50. The molecule has 0 aromatic carbocycles. The van der Waals surface area contributed by atoms with Crippen LogP contribution in [0.15, 0.2) is 28.8 Å². The van der Waals surface area contributed by atoms with Crippen molar-refractivity contribution in [2.45, 2.75) is 13.5 Å². The van der Waals surface area contributed by atoms with Gasteiger partial charge in [0.15, 0.2) is 11.6 Å². The van der Waals surface area contributed by atoms with E-state index in [1.165, 1.54) is 0 Å². The summed E-state index contributed by atoms with van der Waals surface area (Å²) in [6.45, 7) is 2.30. The number of rotatable bonds is 2. The highest BCUT2D eigenvalue weighted by Gasteiger charge is 2.05. The van der Waals surface area contributed by atoms with Crippen molar-refractivity contribution in [1.82, 2.24) is 9.97 Å². The van der Waals surface area contributed by atoms with Crippen LogP contribution in [-0.2, 0) is 6.54 Å². The van der Waals surface area contributed by atoms with E-state index < -0.39 is 0 Å². The fourth-order valence-electron chi connectivity index (χ4n) is 1.18. The summed E-state index contributed by atoms with van der Waals surface area (Å²) in [4.78, 5) is 8.36. The Morgan fingerprint density at radius 1 is 1.36 bits per heavy atom. The average Bonchev–Trinajstić information content (AvgIpc) is 2.65. The number of nitrogens with zero attached hydrogens (tertiary/aromatic N) is 2. The summed E-state index contributed by atoms with van der Waals surface area (Å²) in [5, 5.41) is 0. The summed E-state index contributed by atoms with van der Waals surface area (Å²) in [6.07, 6.45) is 1.68. The van der Waals surface area contributed by atoms with Crippen LogP contribution < -0.4 is 5.73 Å². The Bertz CT molecular complexity index is 436. The highest BCUT2D eigenvalue weighted by Crippen LogP contribution is 2.17. The lowest BCUT2D eigenvalue weighted by Crippen LogP contribution is -2.00. The number of furan rings is 1. The SMILES string of the molecule is Cc1ccc(-c2nccc(CN)n2)o1. The molecule has 0 bridgehead atoms. The van der Waals surface area contributed by atoms with E-state index in [9.17, 15) is 0 Å². The van der Waals surface area contributed by atoms with Gasteiger partial charge in [0.05, 0.1) is 5.69 Å². The summed E-state index contributed by atoms with van der Waals surface area (Å²) in [6, 6.07) is 5.53. The fourth-order valence-corrected chi connectivity index (χ4v) is 1.18. The second-order valence-corrected chi connectivity index (χ2v) is 2.99. The highest BCUT2D eigenvalue weighted by atomic mass is 16.3. The molecule has 0 aliphatic heterocycles.